The topological polar surface area (TPSA) is 16.4 Å². The molecule has 9 aromatic carbocycles. The SMILES string of the molecule is CC1(C)c2ccccc2-c2ccc(-c3ccccc3N(c3cccc4c3oc3c5ccccc5ccc43)c3cccc4c3sc3c5ccccc5ccc43)cc21. The molecule has 11 aromatic rings. The van der Waals surface area contributed by atoms with Crippen LogP contribution in [0.15, 0.2) is 180 Å². The van der Waals surface area contributed by atoms with E-state index >= 15 is 0 Å². The van der Waals surface area contributed by atoms with E-state index in [9.17, 15) is 0 Å². The Labute approximate surface area is 328 Å². The predicted octanol–water partition coefficient (Wildman–Crippen LogP) is 15.7. The van der Waals surface area contributed by atoms with E-state index in [2.05, 4.69) is 195 Å². The Kier molecular flexibility index (Phi) is 6.59. The second-order valence-electron chi connectivity index (χ2n) is 15.6. The Hall–Kier alpha value is -6.68. The van der Waals surface area contributed by atoms with Crippen LogP contribution >= 0.6 is 11.3 Å². The molecule has 0 unspecified atom stereocenters. The molecule has 0 amide bonds. The normalized spacial score (nSPS) is 13.3. The Bertz CT molecular complexity index is 3260. The number of hydrogen-bond donors (Lipinski definition) is 0. The Balaban J connectivity index is 1.16. The molecule has 0 atom stereocenters. The molecule has 1 aliphatic carbocycles. The molecule has 2 heterocycles. The maximum atomic E-state index is 7.08. The van der Waals surface area contributed by atoms with Crippen molar-refractivity contribution in [2.75, 3.05) is 4.90 Å². The van der Waals surface area contributed by atoms with Crippen LogP contribution in [0.4, 0.5) is 17.1 Å². The van der Waals surface area contributed by atoms with Crippen LogP contribution in [0.5, 0.6) is 0 Å². The quantitative estimate of drug-likeness (QED) is 0.179. The van der Waals surface area contributed by atoms with E-state index < -0.39 is 0 Å². The lowest BCUT2D eigenvalue weighted by Crippen LogP contribution is -2.15. The molecule has 0 spiro atoms. The number of para-hydroxylation sites is 2. The van der Waals surface area contributed by atoms with Gasteiger partial charge in [-0.2, -0.15) is 0 Å². The third-order valence-corrected chi connectivity index (χ3v) is 13.5. The Morgan fingerprint density at radius 2 is 1.00 bits per heavy atom. The van der Waals surface area contributed by atoms with Gasteiger partial charge in [-0.1, -0.05) is 159 Å². The number of benzene rings is 9. The smallest absolute Gasteiger partial charge is 0.159 e. The second-order valence-corrected chi connectivity index (χ2v) is 16.6. The number of anilines is 3. The van der Waals surface area contributed by atoms with Gasteiger partial charge in [0.1, 0.15) is 5.58 Å². The van der Waals surface area contributed by atoms with E-state index in [0.717, 1.165) is 44.4 Å². The van der Waals surface area contributed by atoms with Gasteiger partial charge in [0.2, 0.25) is 0 Å². The zero-order valence-corrected chi connectivity index (χ0v) is 31.8. The molecule has 0 fully saturated rings. The number of rotatable bonds is 4. The van der Waals surface area contributed by atoms with E-state index in [1.165, 1.54) is 69.7 Å². The molecule has 0 saturated heterocycles. The van der Waals surface area contributed by atoms with Gasteiger partial charge < -0.3 is 9.32 Å². The van der Waals surface area contributed by atoms with E-state index in [4.69, 9.17) is 4.42 Å². The molecule has 2 nitrogen and oxygen atoms in total. The van der Waals surface area contributed by atoms with Gasteiger partial charge in [-0.3, -0.25) is 0 Å². The molecule has 2 aromatic heterocycles. The van der Waals surface area contributed by atoms with Crippen LogP contribution in [-0.2, 0) is 5.41 Å². The van der Waals surface area contributed by atoms with Gasteiger partial charge in [0, 0.05) is 42.6 Å². The van der Waals surface area contributed by atoms with Crippen molar-refractivity contribution in [3.63, 3.8) is 0 Å². The lowest BCUT2D eigenvalue weighted by Gasteiger charge is -2.29. The van der Waals surface area contributed by atoms with Crippen molar-refractivity contribution in [1.82, 2.24) is 0 Å². The van der Waals surface area contributed by atoms with Crippen LogP contribution in [0.3, 0.4) is 0 Å². The summed E-state index contributed by atoms with van der Waals surface area (Å²) in [7, 11) is 0. The molecule has 12 rings (SSSR count). The van der Waals surface area contributed by atoms with Gasteiger partial charge in [0.25, 0.3) is 0 Å². The third-order valence-electron chi connectivity index (χ3n) is 12.3. The summed E-state index contributed by atoms with van der Waals surface area (Å²) >= 11 is 1.89. The molecular formula is C53H35NOS. The number of fused-ring (bicyclic) bond motifs is 13. The third kappa shape index (κ3) is 4.38. The van der Waals surface area contributed by atoms with E-state index in [1.54, 1.807) is 0 Å². The first-order valence-electron chi connectivity index (χ1n) is 19.3. The van der Waals surface area contributed by atoms with Crippen LogP contribution in [-0.4, -0.2) is 0 Å². The van der Waals surface area contributed by atoms with Crippen molar-refractivity contribution >= 4 is 92.1 Å². The number of nitrogens with zero attached hydrogens (tertiary/aromatic N) is 1. The van der Waals surface area contributed by atoms with Crippen LogP contribution in [0.1, 0.15) is 25.0 Å². The van der Waals surface area contributed by atoms with Gasteiger partial charge >= 0.3 is 0 Å². The van der Waals surface area contributed by atoms with Gasteiger partial charge in [-0.05, 0) is 74.3 Å². The summed E-state index contributed by atoms with van der Waals surface area (Å²) in [5.41, 5.74) is 12.7. The first-order valence-corrected chi connectivity index (χ1v) is 20.2. The summed E-state index contributed by atoms with van der Waals surface area (Å²) in [5.74, 6) is 0. The van der Waals surface area contributed by atoms with Gasteiger partial charge in [-0.25, -0.2) is 0 Å². The average Bonchev–Trinajstić information content (AvgIpc) is 3.90. The Morgan fingerprint density at radius 3 is 1.86 bits per heavy atom. The summed E-state index contributed by atoms with van der Waals surface area (Å²) in [5, 5.41) is 9.63. The number of furan rings is 1. The highest BCUT2D eigenvalue weighted by Gasteiger charge is 2.35. The van der Waals surface area contributed by atoms with E-state index in [-0.39, 0.29) is 5.41 Å². The van der Waals surface area contributed by atoms with Gasteiger partial charge in [0.15, 0.2) is 5.58 Å². The van der Waals surface area contributed by atoms with Crippen LogP contribution in [0.25, 0.3) is 85.9 Å². The predicted molar refractivity (Wildman–Crippen MR) is 239 cm³/mol. The molecule has 264 valence electrons. The molecule has 1 aliphatic rings. The number of hydrogen-bond acceptors (Lipinski definition) is 3. The first-order chi connectivity index (χ1) is 27.5. The first kappa shape index (κ1) is 31.6. The summed E-state index contributed by atoms with van der Waals surface area (Å²) in [4.78, 5) is 2.47. The maximum absolute atomic E-state index is 7.08. The standard InChI is InChI=1S/C53H35NOS/c1-53(2)44-21-9-7-18-38(44)39-28-27-34(31-45(39)53)35-15-8-10-22-46(35)54(47-23-11-19-40-41-29-25-32-13-3-5-16-36(32)49(41)55-50(40)47)48-24-12-20-42-43-30-26-33-14-4-6-17-37(33)51(43)56-52(42)48/h3-31H,1-2H3. The zero-order valence-electron chi connectivity index (χ0n) is 31.0. The molecular weight excluding hydrogens is 699 g/mol. The van der Waals surface area contributed by atoms with E-state index in [1.807, 2.05) is 11.3 Å². The van der Waals surface area contributed by atoms with Crippen molar-refractivity contribution in [3.05, 3.63) is 187 Å². The maximum Gasteiger partial charge on any atom is 0.159 e. The summed E-state index contributed by atoms with van der Waals surface area (Å²) < 4.78 is 9.64. The molecule has 0 N–H and O–H groups in total. The molecule has 0 bridgehead atoms. The van der Waals surface area contributed by atoms with Gasteiger partial charge in [-0.15, -0.1) is 11.3 Å². The molecule has 56 heavy (non-hydrogen) atoms. The lowest BCUT2D eigenvalue weighted by atomic mass is 9.81. The fourth-order valence-electron chi connectivity index (χ4n) is 9.55. The van der Waals surface area contributed by atoms with Crippen molar-refractivity contribution < 1.29 is 4.42 Å². The molecule has 0 aliphatic heterocycles. The second kappa shape index (κ2) is 11.7. The average molecular weight is 734 g/mol. The minimum absolute atomic E-state index is 0.106. The van der Waals surface area contributed by atoms with Crippen LogP contribution < -0.4 is 4.90 Å². The lowest BCUT2D eigenvalue weighted by molar-refractivity contribution is 0.660. The van der Waals surface area contributed by atoms with Crippen LogP contribution in [0.2, 0.25) is 0 Å². The van der Waals surface area contributed by atoms with Crippen molar-refractivity contribution in [2.24, 2.45) is 0 Å². The minimum Gasteiger partial charge on any atom is -0.453 e. The zero-order chi connectivity index (χ0) is 37.1. The highest BCUT2D eigenvalue weighted by molar-refractivity contribution is 7.27. The summed E-state index contributed by atoms with van der Waals surface area (Å²) in [6.45, 7) is 4.72. The molecule has 0 saturated carbocycles. The highest BCUT2D eigenvalue weighted by atomic mass is 32.1. The summed E-state index contributed by atoms with van der Waals surface area (Å²) in [6, 6.07) is 64.5. The van der Waals surface area contributed by atoms with Crippen molar-refractivity contribution in [3.8, 4) is 22.3 Å². The molecule has 0 radical (unpaired) electrons. The highest BCUT2D eigenvalue weighted by Crippen LogP contribution is 2.53. The van der Waals surface area contributed by atoms with Gasteiger partial charge in [0.05, 0.1) is 21.8 Å². The Morgan fingerprint density at radius 1 is 0.411 bits per heavy atom. The van der Waals surface area contributed by atoms with Crippen LogP contribution in [0, 0.1) is 0 Å². The molecule has 3 heteroatoms. The van der Waals surface area contributed by atoms with E-state index in [0.29, 0.717) is 0 Å². The fraction of sp³-hybridized carbons (Fsp3) is 0.0566. The summed E-state index contributed by atoms with van der Waals surface area (Å²) in [6.07, 6.45) is 0. The largest absolute Gasteiger partial charge is 0.453 e. The monoisotopic (exact) mass is 733 g/mol. The van der Waals surface area contributed by atoms with Crippen molar-refractivity contribution in [1.29, 1.82) is 0 Å². The number of thiophene rings is 1. The fourth-order valence-corrected chi connectivity index (χ4v) is 10.9. The van der Waals surface area contributed by atoms with Crippen molar-refractivity contribution in [2.45, 2.75) is 19.3 Å². The minimum atomic E-state index is -0.106.